The first-order valence-electron chi connectivity index (χ1n) is 7.29. The summed E-state index contributed by atoms with van der Waals surface area (Å²) in [4.78, 5) is 23.3. The molecule has 0 aliphatic heterocycles. The number of hydrogen-bond acceptors (Lipinski definition) is 3. The zero-order valence-corrected chi connectivity index (χ0v) is 13.5. The molecule has 1 aromatic rings. The van der Waals surface area contributed by atoms with Gasteiger partial charge in [-0.25, -0.2) is 4.79 Å². The maximum Gasteiger partial charge on any atom is 0.407 e. The summed E-state index contributed by atoms with van der Waals surface area (Å²) in [7, 11) is 0. The van der Waals surface area contributed by atoms with Crippen LogP contribution >= 0.6 is 0 Å². The van der Waals surface area contributed by atoms with Gasteiger partial charge in [-0.3, -0.25) is 4.79 Å². The van der Waals surface area contributed by atoms with Crippen molar-refractivity contribution in [2.75, 3.05) is 6.54 Å². The minimum Gasteiger partial charge on any atom is -0.444 e. The molecular formula is C17H25NO3. The van der Waals surface area contributed by atoms with E-state index in [1.807, 2.05) is 58.9 Å². The fourth-order valence-corrected chi connectivity index (χ4v) is 1.79. The van der Waals surface area contributed by atoms with Crippen LogP contribution in [0.4, 0.5) is 4.79 Å². The van der Waals surface area contributed by atoms with Crippen molar-refractivity contribution in [1.82, 2.24) is 5.32 Å². The molecule has 4 heteroatoms. The fraction of sp³-hybridized carbons (Fsp3) is 0.529. The lowest BCUT2D eigenvalue weighted by Crippen LogP contribution is -2.33. The van der Waals surface area contributed by atoms with E-state index in [1.165, 1.54) is 0 Å². The number of carbonyl (C=O) groups excluding carboxylic acids is 2. The summed E-state index contributed by atoms with van der Waals surface area (Å²) in [5.41, 5.74) is 1.32. The largest absolute Gasteiger partial charge is 0.444 e. The minimum atomic E-state index is -0.483. The highest BCUT2D eigenvalue weighted by Crippen LogP contribution is 2.10. The van der Waals surface area contributed by atoms with Gasteiger partial charge >= 0.3 is 6.09 Å². The van der Waals surface area contributed by atoms with E-state index in [9.17, 15) is 9.59 Å². The molecule has 0 aliphatic carbocycles. The predicted molar refractivity (Wildman–Crippen MR) is 83.6 cm³/mol. The quantitative estimate of drug-likeness (QED) is 0.843. The highest BCUT2D eigenvalue weighted by molar-refractivity contribution is 5.97. The highest BCUT2D eigenvalue weighted by Gasteiger charge is 2.15. The Kier molecular flexibility index (Phi) is 5.94. The van der Waals surface area contributed by atoms with Crippen LogP contribution in [0, 0.1) is 5.92 Å². The smallest absolute Gasteiger partial charge is 0.407 e. The second-order valence-electron chi connectivity index (χ2n) is 6.39. The number of benzene rings is 1. The summed E-state index contributed by atoms with van der Waals surface area (Å²) in [5.74, 6) is 0.151. The van der Waals surface area contributed by atoms with Gasteiger partial charge in [0.2, 0.25) is 0 Å². The predicted octanol–water partition coefficient (Wildman–Crippen LogP) is 3.59. The second kappa shape index (κ2) is 7.25. The normalized spacial score (nSPS) is 11.3. The van der Waals surface area contributed by atoms with Crippen LogP contribution in [0.1, 0.15) is 50.5 Å². The minimum absolute atomic E-state index is 0.00434. The molecule has 0 radical (unpaired) electrons. The van der Waals surface area contributed by atoms with Crippen LogP contribution in [0.5, 0.6) is 0 Å². The highest BCUT2D eigenvalue weighted by atomic mass is 16.6. The SMILES string of the molecule is CC(C)C(=O)c1ccc(CCNC(=O)OC(C)(C)C)cc1. The monoisotopic (exact) mass is 291 g/mol. The topological polar surface area (TPSA) is 55.4 Å². The van der Waals surface area contributed by atoms with Crippen molar-refractivity contribution in [3.63, 3.8) is 0 Å². The summed E-state index contributed by atoms with van der Waals surface area (Å²) < 4.78 is 5.16. The lowest BCUT2D eigenvalue weighted by molar-refractivity contribution is 0.0528. The van der Waals surface area contributed by atoms with E-state index in [4.69, 9.17) is 4.74 Å². The first kappa shape index (κ1) is 17.2. The van der Waals surface area contributed by atoms with Gasteiger partial charge < -0.3 is 10.1 Å². The number of ketones is 1. The molecule has 0 spiro atoms. The summed E-state index contributed by atoms with van der Waals surface area (Å²) in [6, 6.07) is 7.52. The van der Waals surface area contributed by atoms with Crippen LogP contribution in [0.25, 0.3) is 0 Å². The molecule has 0 fully saturated rings. The van der Waals surface area contributed by atoms with Crippen LogP contribution in [0.3, 0.4) is 0 Å². The third-order valence-electron chi connectivity index (χ3n) is 2.84. The lowest BCUT2D eigenvalue weighted by Gasteiger charge is -2.19. The third kappa shape index (κ3) is 6.43. The third-order valence-corrected chi connectivity index (χ3v) is 2.84. The van der Waals surface area contributed by atoms with Gasteiger partial charge in [-0.05, 0) is 32.8 Å². The summed E-state index contributed by atoms with van der Waals surface area (Å²) in [6.45, 7) is 9.78. The van der Waals surface area contributed by atoms with Crippen molar-refractivity contribution < 1.29 is 14.3 Å². The van der Waals surface area contributed by atoms with E-state index in [0.29, 0.717) is 13.0 Å². The van der Waals surface area contributed by atoms with Gasteiger partial charge in [0.15, 0.2) is 5.78 Å². The molecule has 21 heavy (non-hydrogen) atoms. The van der Waals surface area contributed by atoms with Crippen LogP contribution in [0.2, 0.25) is 0 Å². The van der Waals surface area contributed by atoms with E-state index in [0.717, 1.165) is 11.1 Å². The van der Waals surface area contributed by atoms with Gasteiger partial charge in [-0.1, -0.05) is 38.1 Å². The second-order valence-corrected chi connectivity index (χ2v) is 6.39. The molecule has 0 unspecified atom stereocenters. The molecule has 0 aromatic heterocycles. The number of alkyl carbamates (subject to hydrolysis) is 1. The zero-order valence-electron chi connectivity index (χ0n) is 13.5. The zero-order chi connectivity index (χ0) is 16.0. The van der Waals surface area contributed by atoms with E-state index < -0.39 is 11.7 Å². The van der Waals surface area contributed by atoms with E-state index in [2.05, 4.69) is 5.32 Å². The molecule has 0 aliphatic rings. The van der Waals surface area contributed by atoms with Crippen LogP contribution < -0.4 is 5.32 Å². The van der Waals surface area contributed by atoms with Crippen molar-refractivity contribution in [1.29, 1.82) is 0 Å². The van der Waals surface area contributed by atoms with E-state index in [-0.39, 0.29) is 11.7 Å². The molecule has 0 bridgehead atoms. The number of carbonyl (C=O) groups is 2. The number of nitrogens with one attached hydrogen (secondary N) is 1. The Bertz CT molecular complexity index is 484. The van der Waals surface area contributed by atoms with E-state index in [1.54, 1.807) is 0 Å². The van der Waals surface area contributed by atoms with Gasteiger partial charge in [0.1, 0.15) is 5.60 Å². The van der Waals surface area contributed by atoms with Gasteiger partial charge in [0, 0.05) is 18.0 Å². The van der Waals surface area contributed by atoms with Gasteiger partial charge in [0.25, 0.3) is 0 Å². The Hall–Kier alpha value is -1.84. The van der Waals surface area contributed by atoms with E-state index >= 15 is 0 Å². The molecule has 0 atom stereocenters. The average molecular weight is 291 g/mol. The van der Waals surface area contributed by atoms with Crippen molar-refractivity contribution >= 4 is 11.9 Å². The summed E-state index contributed by atoms with van der Waals surface area (Å²) in [5, 5.41) is 2.72. The molecule has 0 saturated carbocycles. The Morgan fingerprint density at radius 1 is 1.14 bits per heavy atom. The first-order chi connectivity index (χ1) is 9.69. The molecule has 116 valence electrons. The number of hydrogen-bond donors (Lipinski definition) is 1. The van der Waals surface area contributed by atoms with Gasteiger partial charge in [-0.15, -0.1) is 0 Å². The molecule has 1 rings (SSSR count). The molecular weight excluding hydrogens is 266 g/mol. The number of Topliss-reactive ketones (excluding diaryl/α,β-unsaturated/α-hetero) is 1. The number of amides is 1. The molecule has 4 nitrogen and oxygen atoms in total. The Morgan fingerprint density at radius 3 is 2.19 bits per heavy atom. The fourth-order valence-electron chi connectivity index (χ4n) is 1.79. The van der Waals surface area contributed by atoms with Crippen molar-refractivity contribution in [3.05, 3.63) is 35.4 Å². The first-order valence-corrected chi connectivity index (χ1v) is 7.29. The number of rotatable bonds is 5. The molecule has 1 aromatic carbocycles. The van der Waals surface area contributed by atoms with Crippen LogP contribution in [-0.4, -0.2) is 24.0 Å². The van der Waals surface area contributed by atoms with Gasteiger partial charge in [-0.2, -0.15) is 0 Å². The molecule has 0 heterocycles. The average Bonchev–Trinajstić information content (AvgIpc) is 2.36. The maximum absolute atomic E-state index is 11.8. The molecule has 1 amide bonds. The number of ether oxygens (including phenoxy) is 1. The molecule has 1 N–H and O–H groups in total. The summed E-state index contributed by atoms with van der Waals surface area (Å²) in [6.07, 6.45) is 0.296. The molecule has 0 saturated heterocycles. The van der Waals surface area contributed by atoms with Crippen molar-refractivity contribution in [2.45, 2.75) is 46.6 Å². The maximum atomic E-state index is 11.8. The summed E-state index contributed by atoms with van der Waals surface area (Å²) >= 11 is 0. The van der Waals surface area contributed by atoms with Crippen LogP contribution in [-0.2, 0) is 11.2 Å². The van der Waals surface area contributed by atoms with Crippen LogP contribution in [0.15, 0.2) is 24.3 Å². The van der Waals surface area contributed by atoms with Crippen molar-refractivity contribution in [2.24, 2.45) is 5.92 Å². The Labute approximate surface area is 126 Å². The Balaban J connectivity index is 2.43. The standard InChI is InChI=1S/C17H25NO3/c1-12(2)15(19)14-8-6-13(7-9-14)10-11-18-16(20)21-17(3,4)5/h6-9,12H,10-11H2,1-5H3,(H,18,20). The van der Waals surface area contributed by atoms with Crippen molar-refractivity contribution in [3.8, 4) is 0 Å². The Morgan fingerprint density at radius 2 is 1.71 bits per heavy atom. The van der Waals surface area contributed by atoms with Gasteiger partial charge in [0.05, 0.1) is 0 Å². The lowest BCUT2D eigenvalue weighted by atomic mass is 9.99.